The van der Waals surface area contributed by atoms with E-state index < -0.39 is 22.5 Å². The number of ether oxygens (including phenoxy) is 1. The summed E-state index contributed by atoms with van der Waals surface area (Å²) in [6.07, 6.45) is -0.893. The summed E-state index contributed by atoms with van der Waals surface area (Å²) in [7, 11) is 1.30. The Morgan fingerprint density at radius 3 is 2.50 bits per heavy atom. The fourth-order valence-electron chi connectivity index (χ4n) is 1.16. The average Bonchev–Trinajstić information content (AvgIpc) is 2.30. The fourth-order valence-corrected chi connectivity index (χ4v) is 1.42. The number of nitro benzene ring substituents is 1. The normalized spacial score (nSPS) is 9.72. The van der Waals surface area contributed by atoms with Gasteiger partial charge in [-0.3, -0.25) is 14.9 Å². The summed E-state index contributed by atoms with van der Waals surface area (Å²) in [5.41, 5.74) is -0.479. The van der Waals surface area contributed by atoms with E-state index in [0.717, 1.165) is 6.07 Å². The maximum atomic E-state index is 11.2. The molecule has 1 rings (SSSR count). The van der Waals surface area contributed by atoms with Crippen LogP contribution in [0.5, 0.6) is 5.75 Å². The lowest BCUT2D eigenvalue weighted by molar-refractivity contribution is -0.385. The summed E-state index contributed by atoms with van der Waals surface area (Å²) in [6.45, 7) is 1.24. The van der Waals surface area contributed by atoms with Crippen molar-refractivity contribution in [2.24, 2.45) is 0 Å². The van der Waals surface area contributed by atoms with Crippen molar-refractivity contribution >= 4 is 29.2 Å². The highest BCUT2D eigenvalue weighted by Crippen LogP contribution is 2.36. The minimum Gasteiger partial charge on any atom is -0.401 e. The van der Waals surface area contributed by atoms with Crippen LogP contribution in [0, 0.1) is 10.1 Å². The molecule has 0 radical (unpaired) electrons. The second-order valence-electron chi connectivity index (χ2n) is 3.26. The molecule has 1 N–H and O–H groups in total. The van der Waals surface area contributed by atoms with Crippen LogP contribution in [0.25, 0.3) is 0 Å². The van der Waals surface area contributed by atoms with Crippen LogP contribution in [0.15, 0.2) is 12.1 Å². The highest BCUT2D eigenvalue weighted by atomic mass is 35.5. The van der Waals surface area contributed by atoms with E-state index in [2.05, 4.69) is 10.1 Å². The Hall–Kier alpha value is -2.15. The number of amides is 1. The summed E-state index contributed by atoms with van der Waals surface area (Å²) >= 11 is 5.76. The molecule has 7 nitrogen and oxygen atoms in total. The number of hydrogen-bond acceptors (Lipinski definition) is 5. The standard InChI is InChI=1S/C10H9ClN2O5/c1-5(14)6-3-7(11)9(18-10(15)12-2)8(4-6)13(16)17/h3-4H,1-2H3,(H,12,15). The number of ketones is 1. The summed E-state index contributed by atoms with van der Waals surface area (Å²) in [6, 6.07) is 2.21. The zero-order chi connectivity index (χ0) is 13.9. The number of nitro groups is 1. The van der Waals surface area contributed by atoms with Crippen LogP contribution in [0.1, 0.15) is 17.3 Å². The van der Waals surface area contributed by atoms with Crippen LogP contribution < -0.4 is 10.1 Å². The fraction of sp³-hybridized carbons (Fsp3) is 0.200. The molecule has 0 saturated carbocycles. The highest BCUT2D eigenvalue weighted by molar-refractivity contribution is 6.33. The van der Waals surface area contributed by atoms with Gasteiger partial charge in [-0.2, -0.15) is 0 Å². The Morgan fingerprint density at radius 2 is 2.06 bits per heavy atom. The topological polar surface area (TPSA) is 98.5 Å². The molecule has 1 aromatic carbocycles. The second kappa shape index (κ2) is 5.46. The predicted octanol–water partition coefficient (Wildman–Crippen LogP) is 2.17. The van der Waals surface area contributed by atoms with Crippen LogP contribution >= 0.6 is 11.6 Å². The Balaban J connectivity index is 3.36. The molecule has 0 atom stereocenters. The second-order valence-corrected chi connectivity index (χ2v) is 3.67. The third-order valence-corrected chi connectivity index (χ3v) is 2.31. The lowest BCUT2D eigenvalue weighted by Gasteiger charge is -2.07. The maximum Gasteiger partial charge on any atom is 0.412 e. The average molecular weight is 273 g/mol. The molecule has 1 aromatic rings. The Morgan fingerprint density at radius 1 is 1.44 bits per heavy atom. The lowest BCUT2D eigenvalue weighted by Crippen LogP contribution is -2.22. The van der Waals surface area contributed by atoms with Crippen LogP contribution in [-0.4, -0.2) is 23.8 Å². The van der Waals surface area contributed by atoms with E-state index in [-0.39, 0.29) is 16.4 Å². The van der Waals surface area contributed by atoms with Gasteiger partial charge in [-0.05, 0) is 13.0 Å². The lowest BCUT2D eigenvalue weighted by atomic mass is 10.1. The molecule has 0 fully saturated rings. The van der Waals surface area contributed by atoms with Gasteiger partial charge in [-0.25, -0.2) is 4.79 Å². The van der Waals surface area contributed by atoms with E-state index >= 15 is 0 Å². The van der Waals surface area contributed by atoms with Gasteiger partial charge < -0.3 is 10.1 Å². The minimum absolute atomic E-state index is 0.0657. The molecule has 0 aromatic heterocycles. The number of hydrogen-bond donors (Lipinski definition) is 1. The van der Waals surface area contributed by atoms with Crippen molar-refractivity contribution in [3.05, 3.63) is 32.8 Å². The van der Waals surface area contributed by atoms with Crippen molar-refractivity contribution in [3.63, 3.8) is 0 Å². The quantitative estimate of drug-likeness (QED) is 0.516. The minimum atomic E-state index is -0.893. The molecule has 0 aliphatic carbocycles. The van der Waals surface area contributed by atoms with Gasteiger partial charge in [0.05, 0.1) is 9.95 Å². The third kappa shape index (κ3) is 2.95. The molecule has 0 saturated heterocycles. The van der Waals surface area contributed by atoms with E-state index in [0.29, 0.717) is 0 Å². The first-order valence-electron chi connectivity index (χ1n) is 4.75. The molecule has 0 heterocycles. The SMILES string of the molecule is CNC(=O)Oc1c(Cl)cc(C(C)=O)cc1[N+](=O)[O-]. The van der Waals surface area contributed by atoms with Crippen LogP contribution in [0.2, 0.25) is 5.02 Å². The monoisotopic (exact) mass is 272 g/mol. The number of nitrogens with one attached hydrogen (secondary N) is 1. The molecule has 0 bridgehead atoms. The summed E-state index contributed by atoms with van der Waals surface area (Å²) in [4.78, 5) is 32.3. The van der Waals surface area contributed by atoms with Gasteiger partial charge in [0.25, 0.3) is 0 Å². The molecule has 0 aliphatic heterocycles. The molecule has 0 spiro atoms. The first-order valence-corrected chi connectivity index (χ1v) is 5.13. The zero-order valence-electron chi connectivity index (χ0n) is 9.52. The number of Topliss-reactive ketones (excluding diaryl/α,β-unsaturated/α-hetero) is 1. The molecule has 18 heavy (non-hydrogen) atoms. The third-order valence-electron chi connectivity index (χ3n) is 2.03. The highest BCUT2D eigenvalue weighted by Gasteiger charge is 2.23. The van der Waals surface area contributed by atoms with Crippen LogP contribution in [-0.2, 0) is 0 Å². The summed E-state index contributed by atoms with van der Waals surface area (Å²) in [5, 5.41) is 12.8. The van der Waals surface area contributed by atoms with Crippen molar-refractivity contribution in [2.75, 3.05) is 7.05 Å². The summed E-state index contributed by atoms with van der Waals surface area (Å²) < 4.78 is 4.69. The van der Waals surface area contributed by atoms with Gasteiger partial charge in [-0.15, -0.1) is 0 Å². The van der Waals surface area contributed by atoms with E-state index in [1.54, 1.807) is 0 Å². The van der Waals surface area contributed by atoms with E-state index in [1.165, 1.54) is 20.0 Å². The van der Waals surface area contributed by atoms with E-state index in [9.17, 15) is 19.7 Å². The Bertz CT molecular complexity index is 529. The van der Waals surface area contributed by atoms with Crippen molar-refractivity contribution in [3.8, 4) is 5.75 Å². The number of carbonyl (C=O) groups is 2. The maximum absolute atomic E-state index is 11.2. The van der Waals surface area contributed by atoms with Crippen molar-refractivity contribution in [1.82, 2.24) is 5.32 Å². The molecular weight excluding hydrogens is 264 g/mol. The molecular formula is C10H9ClN2O5. The molecule has 8 heteroatoms. The number of rotatable bonds is 3. The first kappa shape index (κ1) is 13.9. The molecule has 96 valence electrons. The van der Waals surface area contributed by atoms with Crippen LogP contribution in [0.3, 0.4) is 0 Å². The van der Waals surface area contributed by atoms with Crippen molar-refractivity contribution in [1.29, 1.82) is 0 Å². The first-order chi connectivity index (χ1) is 8.36. The van der Waals surface area contributed by atoms with Crippen LogP contribution in [0.4, 0.5) is 10.5 Å². The number of halogens is 1. The van der Waals surface area contributed by atoms with Crippen molar-refractivity contribution < 1.29 is 19.2 Å². The van der Waals surface area contributed by atoms with Gasteiger partial charge in [0.15, 0.2) is 5.78 Å². The van der Waals surface area contributed by atoms with E-state index in [4.69, 9.17) is 11.6 Å². The number of carbonyl (C=O) groups excluding carboxylic acids is 2. The zero-order valence-corrected chi connectivity index (χ0v) is 10.3. The van der Waals surface area contributed by atoms with Crippen molar-refractivity contribution in [2.45, 2.75) is 6.92 Å². The van der Waals surface area contributed by atoms with Gasteiger partial charge in [0.2, 0.25) is 5.75 Å². The summed E-state index contributed by atoms with van der Waals surface area (Å²) in [5.74, 6) is -0.780. The molecule has 0 aliphatic rings. The van der Waals surface area contributed by atoms with Gasteiger partial charge >= 0.3 is 11.8 Å². The molecule has 1 amide bonds. The smallest absolute Gasteiger partial charge is 0.401 e. The Kier molecular flexibility index (Phi) is 4.22. The van der Waals surface area contributed by atoms with E-state index in [1.807, 2.05) is 0 Å². The largest absolute Gasteiger partial charge is 0.412 e. The predicted molar refractivity (Wildman–Crippen MR) is 63.2 cm³/mol. The number of nitrogens with zero attached hydrogens (tertiary/aromatic N) is 1. The van der Waals surface area contributed by atoms with Gasteiger partial charge in [0, 0.05) is 18.7 Å². The Labute approximate surface area is 107 Å². The van der Waals surface area contributed by atoms with Gasteiger partial charge in [0.1, 0.15) is 0 Å². The molecule has 0 unspecified atom stereocenters. The number of benzene rings is 1. The van der Waals surface area contributed by atoms with Gasteiger partial charge in [-0.1, -0.05) is 11.6 Å².